The number of fused-ring (bicyclic) bond motifs is 2. The van der Waals surface area contributed by atoms with Crippen LogP contribution in [0, 0.1) is 23.3 Å². The lowest BCUT2D eigenvalue weighted by atomic mass is 10.1. The third-order valence-corrected chi connectivity index (χ3v) is 7.70. The van der Waals surface area contributed by atoms with Gasteiger partial charge < -0.3 is 9.88 Å². The number of aryl methyl sites for hydroxylation is 1. The summed E-state index contributed by atoms with van der Waals surface area (Å²) in [7, 11) is -2.52. The Kier molecular flexibility index (Phi) is 6.88. The van der Waals surface area contributed by atoms with Gasteiger partial charge in [0.2, 0.25) is 5.95 Å². The molecule has 4 aromatic rings. The molecule has 1 aliphatic heterocycles. The van der Waals surface area contributed by atoms with Crippen molar-refractivity contribution in [1.82, 2.24) is 29.4 Å². The molecule has 0 radical (unpaired) electrons. The zero-order valence-corrected chi connectivity index (χ0v) is 23.5. The second-order valence-corrected chi connectivity index (χ2v) is 13.5. The van der Waals surface area contributed by atoms with E-state index in [9.17, 15) is 8.60 Å². The van der Waals surface area contributed by atoms with E-state index >= 15 is 4.39 Å². The number of nitrogens with one attached hydrogen (secondary N) is 2. The Morgan fingerprint density at radius 1 is 1.13 bits per heavy atom. The highest BCUT2D eigenvalue weighted by atomic mass is 32.2. The van der Waals surface area contributed by atoms with Gasteiger partial charge in [-0.2, -0.15) is 0 Å². The van der Waals surface area contributed by atoms with Gasteiger partial charge in [-0.25, -0.2) is 28.7 Å². The number of anilines is 2. The maximum atomic E-state index is 15.1. The van der Waals surface area contributed by atoms with E-state index in [-0.39, 0.29) is 28.3 Å². The van der Waals surface area contributed by atoms with Crippen molar-refractivity contribution in [2.75, 3.05) is 30.4 Å². The molecule has 2 N–H and O–H groups in total. The standard InChI is InChI=1S/C27H32F2N8OS/c1-16-32-25-19(28)12-18(13-22(25)37(16)27(2,3)4)24-20(29)14-31-26(35-24)34-23-7-6-17-15-36(9-8-21(17)33-23)10-11-39(5,30)38/h6-7,12-14,30H,8-11,15H2,1-5H3,(H,31,33,34,35). The number of rotatable bonds is 6. The van der Waals surface area contributed by atoms with Crippen molar-refractivity contribution >= 4 is 32.5 Å². The topological polar surface area (TPSA) is 113 Å². The maximum absolute atomic E-state index is 15.1. The minimum atomic E-state index is -2.52. The number of imidazole rings is 1. The summed E-state index contributed by atoms with van der Waals surface area (Å²) in [6.07, 6.45) is 3.24. The Morgan fingerprint density at radius 3 is 2.62 bits per heavy atom. The number of halogens is 2. The van der Waals surface area contributed by atoms with E-state index < -0.39 is 21.4 Å². The second kappa shape index (κ2) is 9.91. The van der Waals surface area contributed by atoms with Gasteiger partial charge in [-0.1, -0.05) is 6.07 Å². The summed E-state index contributed by atoms with van der Waals surface area (Å²) in [5.74, 6) is 0.461. The first-order valence-corrected chi connectivity index (χ1v) is 14.8. The summed E-state index contributed by atoms with van der Waals surface area (Å²) in [5, 5.41) is 3.05. The van der Waals surface area contributed by atoms with E-state index in [0.29, 0.717) is 42.4 Å². The highest BCUT2D eigenvalue weighted by Gasteiger charge is 2.23. The molecule has 12 heteroatoms. The molecule has 3 aromatic heterocycles. The largest absolute Gasteiger partial charge is 0.323 e. The Bertz CT molecular complexity index is 1680. The molecule has 0 bridgehead atoms. The SMILES string of the molecule is Cc1nc2c(F)cc(-c3nc(Nc4ccc5c(n4)CCN(CCS(C)(=N)=O)C5)ncc3F)cc2n1C(C)(C)C. The summed E-state index contributed by atoms with van der Waals surface area (Å²) in [4.78, 5) is 19.7. The van der Waals surface area contributed by atoms with Crippen LogP contribution in [-0.2, 0) is 28.2 Å². The average molecular weight is 555 g/mol. The summed E-state index contributed by atoms with van der Waals surface area (Å²) in [5.41, 5.74) is 2.71. The minimum absolute atomic E-state index is 0.0249. The first kappa shape index (κ1) is 27.1. The van der Waals surface area contributed by atoms with Crippen molar-refractivity contribution in [3.05, 3.63) is 59.2 Å². The molecule has 206 valence electrons. The van der Waals surface area contributed by atoms with Gasteiger partial charge in [-0.3, -0.25) is 13.9 Å². The van der Waals surface area contributed by atoms with Crippen LogP contribution >= 0.6 is 0 Å². The maximum Gasteiger partial charge on any atom is 0.229 e. The Balaban J connectivity index is 1.41. The van der Waals surface area contributed by atoms with Crippen LogP contribution in [0.15, 0.2) is 30.5 Å². The minimum Gasteiger partial charge on any atom is -0.323 e. The summed E-state index contributed by atoms with van der Waals surface area (Å²) >= 11 is 0. The molecule has 1 aliphatic rings. The van der Waals surface area contributed by atoms with Crippen LogP contribution in [0.25, 0.3) is 22.3 Å². The molecule has 9 nitrogen and oxygen atoms in total. The van der Waals surface area contributed by atoms with Gasteiger partial charge in [-0.15, -0.1) is 0 Å². The molecule has 39 heavy (non-hydrogen) atoms. The van der Waals surface area contributed by atoms with Gasteiger partial charge in [0.15, 0.2) is 11.6 Å². The first-order valence-electron chi connectivity index (χ1n) is 12.7. The summed E-state index contributed by atoms with van der Waals surface area (Å²) < 4.78 is 51.3. The van der Waals surface area contributed by atoms with E-state index in [1.165, 1.54) is 12.3 Å². The fourth-order valence-corrected chi connectivity index (χ4v) is 5.62. The van der Waals surface area contributed by atoms with Gasteiger partial charge in [0.05, 0.1) is 11.7 Å². The van der Waals surface area contributed by atoms with E-state index in [1.807, 2.05) is 38.3 Å². The van der Waals surface area contributed by atoms with Crippen molar-refractivity contribution in [1.29, 1.82) is 4.78 Å². The smallest absolute Gasteiger partial charge is 0.229 e. The highest BCUT2D eigenvalue weighted by molar-refractivity contribution is 7.91. The van der Waals surface area contributed by atoms with E-state index in [0.717, 1.165) is 24.0 Å². The third-order valence-electron chi connectivity index (χ3n) is 6.73. The van der Waals surface area contributed by atoms with Gasteiger partial charge in [0, 0.05) is 64.6 Å². The van der Waals surface area contributed by atoms with Gasteiger partial charge in [0.1, 0.15) is 22.9 Å². The molecule has 5 rings (SSSR count). The molecule has 1 atom stereocenters. The number of benzene rings is 1. The molecule has 0 spiro atoms. The number of hydrogen-bond donors (Lipinski definition) is 2. The van der Waals surface area contributed by atoms with Crippen molar-refractivity contribution in [2.45, 2.75) is 46.2 Å². The molecule has 4 heterocycles. The van der Waals surface area contributed by atoms with E-state index in [2.05, 4.69) is 25.2 Å². The van der Waals surface area contributed by atoms with Crippen LogP contribution in [0.2, 0.25) is 0 Å². The average Bonchev–Trinajstić information content (AvgIpc) is 3.20. The second-order valence-electron chi connectivity index (χ2n) is 11.0. The lowest BCUT2D eigenvalue weighted by Gasteiger charge is -2.28. The molecule has 0 aliphatic carbocycles. The normalized spacial score (nSPS) is 15.8. The molecular formula is C27H32F2N8OS. The van der Waals surface area contributed by atoms with Gasteiger partial charge >= 0.3 is 0 Å². The number of pyridine rings is 1. The number of nitrogens with zero attached hydrogens (tertiary/aromatic N) is 6. The van der Waals surface area contributed by atoms with Crippen molar-refractivity contribution in [3.8, 4) is 11.3 Å². The van der Waals surface area contributed by atoms with Crippen LogP contribution in [0.4, 0.5) is 20.5 Å². The fraction of sp³-hybridized carbons (Fsp3) is 0.407. The lowest BCUT2D eigenvalue weighted by Crippen LogP contribution is -2.34. The monoisotopic (exact) mass is 554 g/mol. The Hall–Kier alpha value is -3.51. The van der Waals surface area contributed by atoms with Crippen LogP contribution in [-0.4, -0.2) is 58.7 Å². The molecule has 0 saturated carbocycles. The quantitative estimate of drug-likeness (QED) is 0.345. The molecular weight excluding hydrogens is 522 g/mol. The van der Waals surface area contributed by atoms with Crippen molar-refractivity contribution < 1.29 is 13.0 Å². The molecule has 0 fully saturated rings. The Labute approximate surface area is 226 Å². The zero-order chi connectivity index (χ0) is 28.1. The molecule has 1 aromatic carbocycles. The van der Waals surface area contributed by atoms with E-state index in [1.54, 1.807) is 12.1 Å². The summed E-state index contributed by atoms with van der Waals surface area (Å²) in [6.45, 7) is 9.87. The lowest BCUT2D eigenvalue weighted by molar-refractivity contribution is 0.267. The number of aromatic nitrogens is 5. The molecule has 1 unspecified atom stereocenters. The zero-order valence-electron chi connectivity index (χ0n) is 22.7. The van der Waals surface area contributed by atoms with Crippen molar-refractivity contribution in [3.63, 3.8) is 0 Å². The van der Waals surface area contributed by atoms with Gasteiger partial charge in [-0.05, 0) is 51.5 Å². The summed E-state index contributed by atoms with van der Waals surface area (Å²) in [6, 6.07) is 6.72. The first-order chi connectivity index (χ1) is 18.3. The molecule has 0 saturated heterocycles. The van der Waals surface area contributed by atoms with E-state index in [4.69, 9.17) is 9.76 Å². The van der Waals surface area contributed by atoms with Crippen LogP contribution in [0.5, 0.6) is 0 Å². The predicted molar refractivity (Wildman–Crippen MR) is 149 cm³/mol. The van der Waals surface area contributed by atoms with Crippen LogP contribution in [0.1, 0.15) is 37.9 Å². The van der Waals surface area contributed by atoms with Gasteiger partial charge in [0.25, 0.3) is 0 Å². The third kappa shape index (κ3) is 5.76. The highest BCUT2D eigenvalue weighted by Crippen LogP contribution is 2.32. The predicted octanol–water partition coefficient (Wildman–Crippen LogP) is 5.01. The van der Waals surface area contributed by atoms with Crippen LogP contribution in [0.3, 0.4) is 0 Å². The fourth-order valence-electron chi connectivity index (χ4n) is 5.02. The number of hydrogen-bond acceptors (Lipinski definition) is 8. The molecule has 0 amide bonds. The van der Waals surface area contributed by atoms with Crippen molar-refractivity contribution in [2.24, 2.45) is 0 Å². The van der Waals surface area contributed by atoms with Crippen LogP contribution < -0.4 is 5.32 Å². The Morgan fingerprint density at radius 2 is 1.90 bits per heavy atom.